The summed E-state index contributed by atoms with van der Waals surface area (Å²) in [7, 11) is 1.71. The van der Waals surface area contributed by atoms with Crippen LogP contribution in [0.25, 0.3) is 11.1 Å². The first-order valence-electron chi connectivity index (χ1n) is 23.2. The third kappa shape index (κ3) is 24.3. The van der Waals surface area contributed by atoms with Crippen molar-refractivity contribution < 1.29 is 80.7 Å². The molecule has 1 aliphatic carbocycles. The molecule has 0 saturated carbocycles. The number of imide groups is 1. The highest BCUT2D eigenvalue weighted by Gasteiger charge is 2.29. The summed E-state index contributed by atoms with van der Waals surface area (Å²) in [4.78, 5) is 38.2. The average molecular weight is 949 g/mol. The molecule has 376 valence electrons. The molecule has 1 heterocycles. The SMILES string of the molecule is CN(CCOCCOCCOCCOCCOCCOCCOCCOCCOCCOCCOCCOCCOCCN1C(=O)C=CC1=O)C(=O)OCC1c2ccccc2-c2ccccc21. The lowest BCUT2D eigenvalue weighted by Crippen LogP contribution is -2.33. The van der Waals surface area contributed by atoms with Gasteiger partial charge in [-0.05, 0) is 22.3 Å². The molecule has 2 aromatic carbocycles. The first-order chi connectivity index (χ1) is 33.1. The van der Waals surface area contributed by atoms with Crippen molar-refractivity contribution in [3.8, 4) is 11.1 Å². The second-order valence-corrected chi connectivity index (χ2v) is 14.8. The smallest absolute Gasteiger partial charge is 0.409 e. The number of rotatable bonds is 44. The van der Waals surface area contributed by atoms with E-state index < -0.39 is 0 Å². The van der Waals surface area contributed by atoms with Crippen LogP contribution in [0.5, 0.6) is 0 Å². The fourth-order valence-corrected chi connectivity index (χ4v) is 6.55. The van der Waals surface area contributed by atoms with Gasteiger partial charge in [-0.3, -0.25) is 14.5 Å². The average Bonchev–Trinajstić information content (AvgIpc) is 3.84. The van der Waals surface area contributed by atoms with Gasteiger partial charge in [0.2, 0.25) is 0 Å². The minimum Gasteiger partial charge on any atom is -0.448 e. The van der Waals surface area contributed by atoms with Gasteiger partial charge in [0, 0.05) is 31.7 Å². The van der Waals surface area contributed by atoms with Gasteiger partial charge < -0.3 is 71.2 Å². The lowest BCUT2D eigenvalue weighted by atomic mass is 9.98. The Morgan fingerprint density at radius 3 is 1.04 bits per heavy atom. The lowest BCUT2D eigenvalue weighted by Gasteiger charge is -2.19. The van der Waals surface area contributed by atoms with Crippen molar-refractivity contribution in [1.82, 2.24) is 9.80 Å². The standard InChI is InChI=1S/C48H72N2O17/c1-49(48(53)67-40-45-43-8-4-2-6-41(43)42-7-3-5-9-44(42)45)12-14-54-16-18-56-20-22-58-24-26-60-28-30-62-32-34-64-36-38-66-39-37-65-35-33-63-31-29-61-27-25-59-23-21-57-19-17-55-15-13-50-46(51)10-11-47(50)52/h2-11,45H,12-40H2,1H3. The van der Waals surface area contributed by atoms with E-state index in [9.17, 15) is 14.4 Å². The van der Waals surface area contributed by atoms with Crippen LogP contribution >= 0.6 is 0 Å². The number of carbonyl (C=O) groups is 3. The molecule has 2 aromatic rings. The van der Waals surface area contributed by atoms with E-state index >= 15 is 0 Å². The molecular weight excluding hydrogens is 877 g/mol. The number of carbonyl (C=O) groups excluding carboxylic acids is 3. The highest BCUT2D eigenvalue weighted by Crippen LogP contribution is 2.44. The highest BCUT2D eigenvalue weighted by molar-refractivity contribution is 6.12. The predicted molar refractivity (Wildman–Crippen MR) is 244 cm³/mol. The van der Waals surface area contributed by atoms with E-state index in [1.165, 1.54) is 39.3 Å². The van der Waals surface area contributed by atoms with Crippen LogP contribution in [0.4, 0.5) is 4.79 Å². The summed E-state index contributed by atoms with van der Waals surface area (Å²) in [6, 6.07) is 16.6. The van der Waals surface area contributed by atoms with Crippen LogP contribution < -0.4 is 0 Å². The highest BCUT2D eigenvalue weighted by atomic mass is 16.6. The summed E-state index contributed by atoms with van der Waals surface area (Å²) < 4.78 is 77.2. The Morgan fingerprint density at radius 1 is 0.433 bits per heavy atom. The minimum atomic E-state index is -0.371. The van der Waals surface area contributed by atoms with E-state index in [1.807, 2.05) is 24.3 Å². The van der Waals surface area contributed by atoms with Gasteiger partial charge in [0.15, 0.2) is 0 Å². The molecule has 19 nitrogen and oxygen atoms in total. The predicted octanol–water partition coefficient (Wildman–Crippen LogP) is 3.01. The molecule has 19 heteroatoms. The van der Waals surface area contributed by atoms with Crippen LogP contribution in [-0.2, 0) is 75.9 Å². The van der Waals surface area contributed by atoms with Crippen molar-refractivity contribution in [3.05, 3.63) is 71.8 Å². The van der Waals surface area contributed by atoms with Crippen LogP contribution in [0.3, 0.4) is 0 Å². The summed E-state index contributed by atoms with van der Waals surface area (Å²) in [6.45, 7) is 12.5. The molecule has 0 aromatic heterocycles. The van der Waals surface area contributed by atoms with Crippen molar-refractivity contribution in [3.63, 3.8) is 0 Å². The van der Waals surface area contributed by atoms with Gasteiger partial charge in [-0.15, -0.1) is 0 Å². The topological polar surface area (TPSA) is 187 Å². The Kier molecular flexibility index (Phi) is 30.8. The Hall–Kier alpha value is -3.93. The molecule has 0 N–H and O–H groups in total. The molecule has 0 unspecified atom stereocenters. The maximum Gasteiger partial charge on any atom is 0.409 e. The largest absolute Gasteiger partial charge is 0.448 e. The molecule has 1 aliphatic heterocycles. The van der Waals surface area contributed by atoms with Gasteiger partial charge in [0.25, 0.3) is 11.8 Å². The van der Waals surface area contributed by atoms with E-state index in [1.54, 1.807) is 7.05 Å². The van der Waals surface area contributed by atoms with Crippen LogP contribution in [-0.4, -0.2) is 226 Å². The summed E-state index contributed by atoms with van der Waals surface area (Å²) in [5, 5.41) is 0. The van der Waals surface area contributed by atoms with Crippen LogP contribution in [0, 0.1) is 0 Å². The first-order valence-corrected chi connectivity index (χ1v) is 23.2. The second-order valence-electron chi connectivity index (χ2n) is 14.8. The van der Waals surface area contributed by atoms with Gasteiger partial charge >= 0.3 is 6.09 Å². The number of benzene rings is 2. The second kappa shape index (κ2) is 37.0. The molecule has 2 aliphatic rings. The zero-order chi connectivity index (χ0) is 47.3. The first kappa shape index (κ1) is 55.7. The Balaban J connectivity index is 0.757. The summed E-state index contributed by atoms with van der Waals surface area (Å²) in [6.07, 6.45) is 2.14. The number of fused-ring (bicyclic) bond motifs is 3. The van der Waals surface area contributed by atoms with E-state index in [4.69, 9.17) is 66.3 Å². The van der Waals surface area contributed by atoms with Crippen molar-refractivity contribution in [2.24, 2.45) is 0 Å². The fraction of sp³-hybridized carbons (Fsp3) is 0.646. The normalized spacial score (nSPS) is 13.2. The molecule has 0 radical (unpaired) electrons. The summed E-state index contributed by atoms with van der Waals surface area (Å²) in [5.74, 6) is -0.592. The molecule has 4 rings (SSSR count). The van der Waals surface area contributed by atoms with E-state index in [0.29, 0.717) is 178 Å². The zero-order valence-electron chi connectivity index (χ0n) is 39.2. The third-order valence-corrected chi connectivity index (χ3v) is 10.0. The molecular formula is C48H72N2O17. The van der Waals surface area contributed by atoms with E-state index in [0.717, 1.165) is 4.90 Å². The molecule has 67 heavy (non-hydrogen) atoms. The molecule has 0 atom stereocenters. The monoisotopic (exact) mass is 948 g/mol. The van der Waals surface area contributed by atoms with Crippen LogP contribution in [0.15, 0.2) is 60.7 Å². The number of ether oxygens (including phenoxy) is 14. The Morgan fingerprint density at radius 2 is 0.716 bits per heavy atom. The van der Waals surface area contributed by atoms with Gasteiger partial charge in [-0.25, -0.2) is 4.79 Å². The molecule has 0 spiro atoms. The lowest BCUT2D eigenvalue weighted by molar-refractivity contribution is -0.137. The van der Waals surface area contributed by atoms with E-state index in [2.05, 4.69) is 24.3 Å². The number of hydrogen-bond acceptors (Lipinski definition) is 17. The zero-order valence-corrected chi connectivity index (χ0v) is 39.2. The van der Waals surface area contributed by atoms with E-state index in [-0.39, 0.29) is 37.0 Å². The quantitative estimate of drug-likeness (QED) is 0.0697. The number of amides is 3. The summed E-state index contributed by atoms with van der Waals surface area (Å²) >= 11 is 0. The van der Waals surface area contributed by atoms with Crippen molar-refractivity contribution in [2.45, 2.75) is 5.92 Å². The number of likely N-dealkylation sites (N-methyl/N-ethyl adjacent to an activating group) is 1. The molecule has 3 amide bonds. The molecule has 0 saturated heterocycles. The third-order valence-electron chi connectivity index (χ3n) is 10.0. The van der Waals surface area contributed by atoms with Gasteiger partial charge in [0.1, 0.15) is 6.61 Å². The van der Waals surface area contributed by atoms with Crippen molar-refractivity contribution >= 4 is 17.9 Å². The van der Waals surface area contributed by atoms with Gasteiger partial charge in [-0.1, -0.05) is 48.5 Å². The Bertz CT molecular complexity index is 1590. The molecule has 0 bridgehead atoms. The minimum absolute atomic E-state index is 0.0306. The maximum absolute atomic E-state index is 12.6. The summed E-state index contributed by atoms with van der Waals surface area (Å²) in [5.41, 5.74) is 4.77. The number of hydrogen-bond donors (Lipinski definition) is 0. The van der Waals surface area contributed by atoms with Crippen molar-refractivity contribution in [1.29, 1.82) is 0 Å². The maximum atomic E-state index is 12.6. The van der Waals surface area contributed by atoms with Crippen LogP contribution in [0.2, 0.25) is 0 Å². The van der Waals surface area contributed by atoms with Crippen molar-refractivity contribution in [2.75, 3.05) is 199 Å². The van der Waals surface area contributed by atoms with Gasteiger partial charge in [-0.2, -0.15) is 0 Å². The number of nitrogens with zero attached hydrogens (tertiary/aromatic N) is 2. The fourth-order valence-electron chi connectivity index (χ4n) is 6.55. The van der Waals surface area contributed by atoms with Gasteiger partial charge in [0.05, 0.1) is 178 Å². The van der Waals surface area contributed by atoms with Crippen LogP contribution in [0.1, 0.15) is 17.0 Å². The Labute approximate surface area is 395 Å². The molecule has 0 fully saturated rings.